The highest BCUT2D eigenvalue weighted by Crippen LogP contribution is 2.20. The van der Waals surface area contributed by atoms with Gasteiger partial charge in [0.05, 0.1) is 5.56 Å². The quantitative estimate of drug-likeness (QED) is 0.730. The summed E-state index contributed by atoms with van der Waals surface area (Å²) in [6.07, 6.45) is 0. The average Bonchev–Trinajstić information content (AvgIpc) is 2.49. The van der Waals surface area contributed by atoms with Crippen molar-refractivity contribution in [1.29, 1.82) is 0 Å². The summed E-state index contributed by atoms with van der Waals surface area (Å²) >= 11 is 3.37. The number of carbonyl (C=O) groups is 1. The maximum Gasteiger partial charge on any atom is 0.256 e. The van der Waals surface area contributed by atoms with Gasteiger partial charge in [-0.2, -0.15) is 0 Å². The lowest BCUT2D eigenvalue weighted by molar-refractivity contribution is 0.102. The van der Waals surface area contributed by atoms with Gasteiger partial charge in [-0.1, -0.05) is 52.3 Å². The maximum atomic E-state index is 12.4. The molecule has 0 spiro atoms. The number of hydrogen-bond acceptors (Lipinski definition) is 1. The van der Waals surface area contributed by atoms with E-state index in [0.29, 0.717) is 5.56 Å². The predicted octanol–water partition coefficient (Wildman–Crippen LogP) is 4.65. The van der Waals surface area contributed by atoms with Crippen LogP contribution >= 0.6 is 15.9 Å². The van der Waals surface area contributed by atoms with Gasteiger partial charge >= 0.3 is 0 Å². The van der Waals surface area contributed by atoms with Crippen molar-refractivity contribution in [2.24, 2.45) is 0 Å². The minimum Gasteiger partial charge on any atom is -0.322 e. The molecule has 0 fully saturated rings. The zero-order chi connectivity index (χ0) is 13.9. The molecular formula is C17H11BrNO. The SMILES string of the molecule is O=C(Nc1ccc(Br)cc1)c1[c]ccc2ccccc12. The van der Waals surface area contributed by atoms with Crippen molar-refractivity contribution < 1.29 is 4.79 Å². The van der Waals surface area contributed by atoms with Crippen LogP contribution in [0.4, 0.5) is 5.69 Å². The smallest absolute Gasteiger partial charge is 0.256 e. The molecule has 3 aromatic rings. The summed E-state index contributed by atoms with van der Waals surface area (Å²) < 4.78 is 0.979. The highest BCUT2D eigenvalue weighted by molar-refractivity contribution is 9.10. The van der Waals surface area contributed by atoms with Crippen molar-refractivity contribution in [1.82, 2.24) is 0 Å². The van der Waals surface area contributed by atoms with Crippen molar-refractivity contribution in [2.75, 3.05) is 5.32 Å². The molecule has 3 rings (SSSR count). The van der Waals surface area contributed by atoms with Crippen LogP contribution in [0.25, 0.3) is 10.8 Å². The second-order valence-electron chi connectivity index (χ2n) is 4.40. The molecule has 0 heterocycles. The van der Waals surface area contributed by atoms with E-state index in [2.05, 4.69) is 27.3 Å². The summed E-state index contributed by atoms with van der Waals surface area (Å²) in [6.45, 7) is 0. The molecule has 1 N–H and O–H groups in total. The number of rotatable bonds is 2. The largest absolute Gasteiger partial charge is 0.322 e. The fourth-order valence-electron chi connectivity index (χ4n) is 2.08. The van der Waals surface area contributed by atoms with E-state index in [-0.39, 0.29) is 5.91 Å². The average molecular weight is 325 g/mol. The minimum atomic E-state index is -0.149. The first-order chi connectivity index (χ1) is 9.74. The first kappa shape index (κ1) is 12.9. The molecule has 3 aromatic carbocycles. The van der Waals surface area contributed by atoms with E-state index in [1.807, 2.05) is 54.6 Å². The number of carbonyl (C=O) groups excluding carboxylic acids is 1. The Labute approximate surface area is 125 Å². The molecule has 1 radical (unpaired) electrons. The van der Waals surface area contributed by atoms with Gasteiger partial charge in [0.1, 0.15) is 0 Å². The molecule has 0 aromatic heterocycles. The van der Waals surface area contributed by atoms with Crippen LogP contribution in [0, 0.1) is 6.07 Å². The van der Waals surface area contributed by atoms with Crippen LogP contribution in [0.15, 0.2) is 65.1 Å². The summed E-state index contributed by atoms with van der Waals surface area (Å²) in [4.78, 5) is 12.4. The summed E-state index contributed by atoms with van der Waals surface area (Å²) in [7, 11) is 0. The van der Waals surface area contributed by atoms with Crippen LogP contribution in [-0.4, -0.2) is 5.91 Å². The van der Waals surface area contributed by atoms with Gasteiger partial charge in [0.15, 0.2) is 0 Å². The number of fused-ring (bicyclic) bond motifs is 1. The Hall–Kier alpha value is -2.13. The molecule has 20 heavy (non-hydrogen) atoms. The molecule has 1 amide bonds. The van der Waals surface area contributed by atoms with E-state index in [1.165, 1.54) is 0 Å². The maximum absolute atomic E-state index is 12.4. The first-order valence-electron chi connectivity index (χ1n) is 6.20. The van der Waals surface area contributed by atoms with E-state index in [1.54, 1.807) is 6.07 Å². The van der Waals surface area contributed by atoms with Gasteiger partial charge in [-0.15, -0.1) is 0 Å². The fourth-order valence-corrected chi connectivity index (χ4v) is 2.34. The van der Waals surface area contributed by atoms with Crippen molar-refractivity contribution in [3.05, 3.63) is 76.8 Å². The Morgan fingerprint density at radius 3 is 2.55 bits per heavy atom. The van der Waals surface area contributed by atoms with Gasteiger partial charge in [0.2, 0.25) is 0 Å². The number of halogens is 1. The van der Waals surface area contributed by atoms with Crippen molar-refractivity contribution in [3.8, 4) is 0 Å². The second kappa shape index (κ2) is 5.47. The second-order valence-corrected chi connectivity index (χ2v) is 5.32. The highest BCUT2D eigenvalue weighted by Gasteiger charge is 2.10. The Morgan fingerprint density at radius 2 is 1.75 bits per heavy atom. The molecule has 3 heteroatoms. The van der Waals surface area contributed by atoms with Crippen LogP contribution < -0.4 is 5.32 Å². The Balaban J connectivity index is 1.94. The van der Waals surface area contributed by atoms with Crippen LogP contribution in [0.5, 0.6) is 0 Å². The normalized spacial score (nSPS) is 10.4. The van der Waals surface area contributed by atoms with Gasteiger partial charge in [-0.05, 0) is 41.1 Å². The topological polar surface area (TPSA) is 29.1 Å². The van der Waals surface area contributed by atoms with Crippen LogP contribution in [-0.2, 0) is 0 Å². The Bertz CT molecular complexity index is 760. The third-order valence-electron chi connectivity index (χ3n) is 3.05. The summed E-state index contributed by atoms with van der Waals surface area (Å²) in [5.74, 6) is -0.149. The molecular weight excluding hydrogens is 314 g/mol. The zero-order valence-electron chi connectivity index (χ0n) is 10.6. The lowest BCUT2D eigenvalue weighted by Crippen LogP contribution is -2.12. The summed E-state index contributed by atoms with van der Waals surface area (Å²) in [6, 6.07) is 22.0. The van der Waals surface area contributed by atoms with Crippen LogP contribution in [0.2, 0.25) is 0 Å². The number of nitrogens with one attached hydrogen (secondary N) is 1. The van der Waals surface area contributed by atoms with Gasteiger partial charge in [0, 0.05) is 10.2 Å². The Morgan fingerprint density at radius 1 is 1.00 bits per heavy atom. The van der Waals surface area contributed by atoms with E-state index in [0.717, 1.165) is 20.9 Å². The number of anilines is 1. The van der Waals surface area contributed by atoms with Crippen LogP contribution in [0.1, 0.15) is 10.4 Å². The van der Waals surface area contributed by atoms with Crippen molar-refractivity contribution >= 4 is 38.3 Å². The minimum absolute atomic E-state index is 0.149. The van der Waals surface area contributed by atoms with Gasteiger partial charge in [0.25, 0.3) is 5.91 Å². The summed E-state index contributed by atoms with van der Waals surface area (Å²) in [5.41, 5.74) is 1.32. The molecule has 0 unspecified atom stereocenters. The zero-order valence-corrected chi connectivity index (χ0v) is 12.1. The predicted molar refractivity (Wildman–Crippen MR) is 84.9 cm³/mol. The third kappa shape index (κ3) is 2.58. The molecule has 0 bridgehead atoms. The van der Waals surface area contributed by atoms with Gasteiger partial charge < -0.3 is 5.32 Å². The van der Waals surface area contributed by atoms with Gasteiger partial charge in [-0.3, -0.25) is 4.79 Å². The Kier molecular flexibility index (Phi) is 3.52. The molecule has 0 saturated heterocycles. The highest BCUT2D eigenvalue weighted by atomic mass is 79.9. The fraction of sp³-hybridized carbons (Fsp3) is 0. The van der Waals surface area contributed by atoms with E-state index >= 15 is 0 Å². The standard InChI is InChI=1S/C17H11BrNO/c18-13-8-10-14(11-9-13)19-17(20)16-7-3-5-12-4-1-2-6-15(12)16/h1-6,8-11H,(H,19,20). The number of amides is 1. The van der Waals surface area contributed by atoms with Gasteiger partial charge in [-0.25, -0.2) is 0 Å². The molecule has 0 aliphatic rings. The molecule has 0 aliphatic carbocycles. The van der Waals surface area contributed by atoms with Crippen LogP contribution in [0.3, 0.4) is 0 Å². The molecule has 0 saturated carbocycles. The monoisotopic (exact) mass is 324 g/mol. The molecule has 2 nitrogen and oxygen atoms in total. The van der Waals surface area contributed by atoms with E-state index in [9.17, 15) is 4.79 Å². The molecule has 0 atom stereocenters. The third-order valence-corrected chi connectivity index (χ3v) is 3.58. The van der Waals surface area contributed by atoms with E-state index < -0.39 is 0 Å². The number of hydrogen-bond donors (Lipinski definition) is 1. The van der Waals surface area contributed by atoms with E-state index in [4.69, 9.17) is 0 Å². The lowest BCUT2D eigenvalue weighted by Gasteiger charge is -2.07. The lowest BCUT2D eigenvalue weighted by atomic mass is 10.0. The first-order valence-corrected chi connectivity index (χ1v) is 7.00. The molecule has 97 valence electrons. The molecule has 0 aliphatic heterocycles. The van der Waals surface area contributed by atoms with Crippen molar-refractivity contribution in [3.63, 3.8) is 0 Å². The number of benzene rings is 3. The van der Waals surface area contributed by atoms with Crippen molar-refractivity contribution in [2.45, 2.75) is 0 Å². The summed E-state index contributed by atoms with van der Waals surface area (Å²) in [5, 5.41) is 4.83.